The summed E-state index contributed by atoms with van der Waals surface area (Å²) in [6.07, 6.45) is 5.31. The lowest BCUT2D eigenvalue weighted by molar-refractivity contribution is -0.152. The Bertz CT molecular complexity index is 884. The summed E-state index contributed by atoms with van der Waals surface area (Å²) < 4.78 is 5.99. The second-order valence-corrected chi connectivity index (χ2v) is 9.29. The minimum Gasteiger partial charge on any atom is -0.467 e. The number of methoxy groups -OCH3 is 1. The fraction of sp³-hybridized carbons (Fsp3) is 0.476. The third-order valence-electron chi connectivity index (χ3n) is 5.80. The van der Waals surface area contributed by atoms with Gasteiger partial charge in [0.25, 0.3) is 0 Å². The van der Waals surface area contributed by atoms with Gasteiger partial charge in [-0.3, -0.25) is 4.79 Å². The van der Waals surface area contributed by atoms with Crippen LogP contribution in [0.4, 0.5) is 0 Å². The molecule has 7 heteroatoms. The van der Waals surface area contributed by atoms with Crippen LogP contribution >= 0.6 is 27.3 Å². The molecule has 5 nitrogen and oxygen atoms in total. The number of halogens is 1. The summed E-state index contributed by atoms with van der Waals surface area (Å²) in [4.78, 5) is 32.0. The number of benzene rings is 1. The number of ether oxygens (including phenoxy) is 1. The number of amides is 1. The van der Waals surface area contributed by atoms with E-state index in [2.05, 4.69) is 20.9 Å². The molecule has 0 bridgehead atoms. The number of fused-ring (bicyclic) bond motifs is 1. The minimum atomic E-state index is -0.450. The van der Waals surface area contributed by atoms with Crippen molar-refractivity contribution in [2.45, 2.75) is 50.6 Å². The maximum Gasteiger partial charge on any atom is 0.328 e. The molecule has 1 saturated carbocycles. The van der Waals surface area contributed by atoms with E-state index in [0.29, 0.717) is 5.92 Å². The first-order valence-corrected chi connectivity index (χ1v) is 11.3. The molecular formula is C21H23BrN2O3S. The van der Waals surface area contributed by atoms with Crippen molar-refractivity contribution in [2.24, 2.45) is 5.92 Å². The van der Waals surface area contributed by atoms with E-state index < -0.39 is 6.04 Å². The Hall–Kier alpha value is -1.73. The van der Waals surface area contributed by atoms with Crippen molar-refractivity contribution in [3.63, 3.8) is 0 Å². The molecule has 148 valence electrons. The Morgan fingerprint density at radius 2 is 2.14 bits per heavy atom. The molecule has 3 unspecified atom stereocenters. The standard InChI is InChI=1S/C21H23BrN2O3S/c1-27-21(26)18-10-13-5-2-3-8-17(13)24(18)19(25)11-16-12-28-20(23-16)14-6-4-7-15(22)9-14/h4,6-7,9,12-13,17-18H,2-3,5,8,10-11H2,1H3. The summed E-state index contributed by atoms with van der Waals surface area (Å²) in [6.45, 7) is 0. The SMILES string of the molecule is COC(=O)C1CC2CCCCC2N1C(=O)Cc1csc(-c2cccc(Br)c2)n1. The zero-order valence-corrected chi connectivity index (χ0v) is 18.2. The zero-order chi connectivity index (χ0) is 19.7. The van der Waals surface area contributed by atoms with Crippen molar-refractivity contribution >= 4 is 39.1 Å². The number of aromatic nitrogens is 1. The Balaban J connectivity index is 1.52. The van der Waals surface area contributed by atoms with E-state index in [4.69, 9.17) is 4.74 Å². The molecule has 1 aromatic heterocycles. The third kappa shape index (κ3) is 3.87. The fourth-order valence-corrected chi connectivity index (χ4v) is 5.77. The Labute approximate surface area is 177 Å². The first kappa shape index (κ1) is 19.6. The van der Waals surface area contributed by atoms with Gasteiger partial charge in [0.2, 0.25) is 5.91 Å². The number of rotatable bonds is 4. The van der Waals surface area contributed by atoms with E-state index in [-0.39, 0.29) is 24.3 Å². The van der Waals surface area contributed by atoms with Crippen LogP contribution < -0.4 is 0 Å². The zero-order valence-electron chi connectivity index (χ0n) is 15.8. The topological polar surface area (TPSA) is 59.5 Å². The minimum absolute atomic E-state index is 0.0177. The molecule has 2 aliphatic rings. The lowest BCUT2D eigenvalue weighted by Crippen LogP contribution is -2.47. The highest BCUT2D eigenvalue weighted by molar-refractivity contribution is 9.10. The van der Waals surface area contributed by atoms with Crippen LogP contribution in [0.5, 0.6) is 0 Å². The maximum atomic E-state index is 13.2. The highest BCUT2D eigenvalue weighted by Crippen LogP contribution is 2.40. The van der Waals surface area contributed by atoms with Gasteiger partial charge in [0, 0.05) is 21.5 Å². The molecule has 0 N–H and O–H groups in total. The van der Waals surface area contributed by atoms with E-state index >= 15 is 0 Å². The fourth-order valence-electron chi connectivity index (χ4n) is 4.55. The number of hydrogen-bond acceptors (Lipinski definition) is 5. The van der Waals surface area contributed by atoms with E-state index in [1.165, 1.54) is 24.9 Å². The molecule has 2 heterocycles. The molecule has 4 rings (SSSR count). The van der Waals surface area contributed by atoms with Gasteiger partial charge < -0.3 is 9.64 Å². The lowest BCUT2D eigenvalue weighted by Gasteiger charge is -2.33. The first-order valence-electron chi connectivity index (χ1n) is 9.66. The van der Waals surface area contributed by atoms with Gasteiger partial charge in [-0.15, -0.1) is 11.3 Å². The smallest absolute Gasteiger partial charge is 0.328 e. The van der Waals surface area contributed by atoms with Gasteiger partial charge in [-0.2, -0.15) is 0 Å². The molecule has 1 aliphatic heterocycles. The quantitative estimate of drug-likeness (QED) is 0.629. The van der Waals surface area contributed by atoms with Crippen LogP contribution in [-0.2, 0) is 20.7 Å². The van der Waals surface area contributed by atoms with Crippen LogP contribution in [0.15, 0.2) is 34.1 Å². The summed E-state index contributed by atoms with van der Waals surface area (Å²) >= 11 is 5.02. The van der Waals surface area contributed by atoms with Crippen LogP contribution in [0, 0.1) is 5.92 Å². The molecule has 2 aromatic rings. The van der Waals surface area contributed by atoms with Gasteiger partial charge in [0.15, 0.2) is 0 Å². The molecule has 0 radical (unpaired) electrons. The summed E-state index contributed by atoms with van der Waals surface area (Å²) in [5.41, 5.74) is 1.78. The average Bonchev–Trinajstić information content (AvgIpc) is 3.32. The maximum absolute atomic E-state index is 13.2. The highest BCUT2D eigenvalue weighted by Gasteiger charge is 2.47. The van der Waals surface area contributed by atoms with E-state index in [1.807, 2.05) is 34.5 Å². The second-order valence-electron chi connectivity index (χ2n) is 7.52. The van der Waals surface area contributed by atoms with Gasteiger partial charge in [-0.1, -0.05) is 40.9 Å². The molecule has 2 fully saturated rings. The third-order valence-corrected chi connectivity index (χ3v) is 7.24. The molecule has 3 atom stereocenters. The van der Waals surface area contributed by atoms with Crippen LogP contribution in [-0.4, -0.2) is 41.0 Å². The largest absolute Gasteiger partial charge is 0.467 e. The summed E-state index contributed by atoms with van der Waals surface area (Å²) in [6, 6.07) is 7.69. The Morgan fingerprint density at radius 1 is 1.32 bits per heavy atom. The van der Waals surface area contributed by atoms with Gasteiger partial charge in [-0.25, -0.2) is 9.78 Å². The summed E-state index contributed by atoms with van der Waals surface area (Å²) in [5, 5.41) is 2.83. The Morgan fingerprint density at radius 3 is 2.93 bits per heavy atom. The molecule has 1 amide bonds. The van der Waals surface area contributed by atoms with E-state index in [9.17, 15) is 9.59 Å². The highest BCUT2D eigenvalue weighted by atomic mass is 79.9. The predicted octanol–water partition coefficient (Wildman–Crippen LogP) is 4.45. The average molecular weight is 463 g/mol. The monoisotopic (exact) mass is 462 g/mol. The number of esters is 1. The molecule has 1 aliphatic carbocycles. The molecule has 1 aromatic carbocycles. The normalized spacial score (nSPS) is 24.1. The number of hydrogen-bond donors (Lipinski definition) is 0. The summed E-state index contributed by atoms with van der Waals surface area (Å²) in [5.74, 6) is 0.0983. The van der Waals surface area contributed by atoms with Crippen LogP contribution in [0.25, 0.3) is 10.6 Å². The first-order chi connectivity index (χ1) is 13.6. The van der Waals surface area contributed by atoms with Crippen LogP contribution in [0.2, 0.25) is 0 Å². The second kappa shape index (κ2) is 8.33. The summed E-state index contributed by atoms with van der Waals surface area (Å²) in [7, 11) is 1.40. The van der Waals surface area contributed by atoms with Crippen LogP contribution in [0.3, 0.4) is 0 Å². The van der Waals surface area contributed by atoms with Gasteiger partial charge in [0.05, 0.1) is 19.2 Å². The number of nitrogens with zero attached hydrogens (tertiary/aromatic N) is 2. The number of likely N-dealkylation sites (tertiary alicyclic amines) is 1. The molecule has 28 heavy (non-hydrogen) atoms. The predicted molar refractivity (Wildman–Crippen MR) is 112 cm³/mol. The number of thiazole rings is 1. The number of carbonyl (C=O) groups excluding carboxylic acids is 2. The lowest BCUT2D eigenvalue weighted by atomic mass is 9.84. The van der Waals surface area contributed by atoms with Crippen molar-refractivity contribution < 1.29 is 14.3 Å². The van der Waals surface area contributed by atoms with E-state index in [1.54, 1.807) is 0 Å². The van der Waals surface area contributed by atoms with E-state index in [0.717, 1.165) is 46.4 Å². The van der Waals surface area contributed by atoms with Crippen molar-refractivity contribution in [3.05, 3.63) is 39.8 Å². The molecule has 0 spiro atoms. The van der Waals surface area contributed by atoms with Crippen molar-refractivity contribution in [1.29, 1.82) is 0 Å². The van der Waals surface area contributed by atoms with Gasteiger partial charge in [0.1, 0.15) is 11.0 Å². The molecule has 1 saturated heterocycles. The molecular weight excluding hydrogens is 440 g/mol. The Kier molecular flexibility index (Phi) is 5.83. The van der Waals surface area contributed by atoms with Gasteiger partial charge in [-0.05, 0) is 37.3 Å². The van der Waals surface area contributed by atoms with Gasteiger partial charge >= 0.3 is 5.97 Å². The van der Waals surface area contributed by atoms with Crippen molar-refractivity contribution in [1.82, 2.24) is 9.88 Å². The van der Waals surface area contributed by atoms with Crippen molar-refractivity contribution in [3.8, 4) is 10.6 Å². The van der Waals surface area contributed by atoms with Crippen LogP contribution in [0.1, 0.15) is 37.8 Å². The van der Waals surface area contributed by atoms with Crippen molar-refractivity contribution in [2.75, 3.05) is 7.11 Å². The number of carbonyl (C=O) groups is 2.